The molecular formula is C29H37N7O2. The summed E-state index contributed by atoms with van der Waals surface area (Å²) in [6.07, 6.45) is 6.86. The Balaban J connectivity index is 1.21. The van der Waals surface area contributed by atoms with E-state index in [0.717, 1.165) is 40.6 Å². The Morgan fingerprint density at radius 2 is 1.87 bits per heavy atom. The molecule has 1 saturated heterocycles. The quantitative estimate of drug-likeness (QED) is 0.345. The van der Waals surface area contributed by atoms with E-state index >= 15 is 0 Å². The van der Waals surface area contributed by atoms with E-state index in [1.54, 1.807) is 10.9 Å². The molecule has 9 heteroatoms. The summed E-state index contributed by atoms with van der Waals surface area (Å²) >= 11 is 0. The zero-order valence-corrected chi connectivity index (χ0v) is 22.6. The van der Waals surface area contributed by atoms with Gasteiger partial charge in [-0.05, 0) is 61.2 Å². The smallest absolute Gasteiger partial charge is 0.241 e. The molecule has 3 aromatic heterocycles. The van der Waals surface area contributed by atoms with Crippen molar-refractivity contribution in [2.75, 3.05) is 32.8 Å². The van der Waals surface area contributed by atoms with Crippen molar-refractivity contribution in [1.82, 2.24) is 34.6 Å². The van der Waals surface area contributed by atoms with Crippen molar-refractivity contribution < 1.29 is 9.53 Å². The van der Waals surface area contributed by atoms with Crippen LogP contribution in [0.25, 0.3) is 16.9 Å². The van der Waals surface area contributed by atoms with Crippen molar-refractivity contribution in [3.8, 4) is 17.0 Å². The van der Waals surface area contributed by atoms with Gasteiger partial charge in [-0.3, -0.25) is 14.4 Å². The molecule has 4 heterocycles. The Kier molecular flexibility index (Phi) is 7.74. The summed E-state index contributed by atoms with van der Waals surface area (Å²) in [7, 11) is 0. The Labute approximate surface area is 223 Å². The van der Waals surface area contributed by atoms with Gasteiger partial charge in [0.2, 0.25) is 5.91 Å². The first-order valence-electron chi connectivity index (χ1n) is 13.4. The highest BCUT2D eigenvalue weighted by Gasteiger charge is 2.15. The second kappa shape index (κ2) is 11.3. The lowest BCUT2D eigenvalue weighted by Gasteiger charge is -2.18. The molecule has 1 aromatic carbocycles. The van der Waals surface area contributed by atoms with Crippen LogP contribution in [-0.4, -0.2) is 68.0 Å². The van der Waals surface area contributed by atoms with Gasteiger partial charge >= 0.3 is 0 Å². The van der Waals surface area contributed by atoms with Crippen LogP contribution in [0.1, 0.15) is 45.0 Å². The maximum Gasteiger partial charge on any atom is 0.241 e. The third-order valence-electron chi connectivity index (χ3n) is 6.61. The number of carbonyl (C=O) groups is 1. The predicted octanol–water partition coefficient (Wildman–Crippen LogP) is 3.82. The van der Waals surface area contributed by atoms with Crippen LogP contribution in [0, 0.1) is 5.41 Å². The summed E-state index contributed by atoms with van der Waals surface area (Å²) in [6, 6.07) is 14.1. The molecule has 0 atom stereocenters. The zero-order valence-electron chi connectivity index (χ0n) is 22.6. The Morgan fingerprint density at radius 3 is 2.63 bits per heavy atom. The summed E-state index contributed by atoms with van der Waals surface area (Å²) in [4.78, 5) is 19.5. The van der Waals surface area contributed by atoms with E-state index in [4.69, 9.17) is 14.8 Å². The Bertz CT molecular complexity index is 1360. The third-order valence-corrected chi connectivity index (χ3v) is 6.61. The molecular weight excluding hydrogens is 478 g/mol. The second-order valence-corrected chi connectivity index (χ2v) is 11.2. The van der Waals surface area contributed by atoms with E-state index in [2.05, 4.69) is 48.2 Å². The molecule has 200 valence electrons. The van der Waals surface area contributed by atoms with E-state index in [1.807, 2.05) is 41.0 Å². The van der Waals surface area contributed by atoms with Crippen molar-refractivity contribution in [3.05, 3.63) is 66.2 Å². The number of nitrogens with zero attached hydrogens (tertiary/aromatic N) is 6. The van der Waals surface area contributed by atoms with Crippen LogP contribution in [-0.2, 0) is 17.8 Å². The standard InChI is InChI=1S/C29H37N7O2/c1-29(2,3)21-30-28(37)20-35-19-23(18-31-35)25-7-6-8-27-32-26(33-36(25)27)17-22-9-11-24(12-10-22)38-16-15-34-13-4-5-14-34/h6-12,18-19H,4-5,13-17,20-21H2,1-3H3,(H,30,37). The van der Waals surface area contributed by atoms with Crippen molar-refractivity contribution in [2.24, 2.45) is 5.41 Å². The van der Waals surface area contributed by atoms with Gasteiger partial charge in [0.25, 0.3) is 0 Å². The average molecular weight is 516 g/mol. The minimum absolute atomic E-state index is 0.0360. The molecule has 4 aromatic rings. The lowest BCUT2D eigenvalue weighted by molar-refractivity contribution is -0.122. The zero-order chi connectivity index (χ0) is 26.5. The molecule has 1 aliphatic heterocycles. The number of nitrogens with one attached hydrogen (secondary N) is 1. The van der Waals surface area contributed by atoms with Crippen molar-refractivity contribution in [1.29, 1.82) is 0 Å². The number of pyridine rings is 1. The van der Waals surface area contributed by atoms with Gasteiger partial charge in [0.15, 0.2) is 11.5 Å². The second-order valence-electron chi connectivity index (χ2n) is 11.2. The van der Waals surface area contributed by atoms with E-state index in [0.29, 0.717) is 19.6 Å². The van der Waals surface area contributed by atoms with Crippen LogP contribution >= 0.6 is 0 Å². The van der Waals surface area contributed by atoms with Crippen molar-refractivity contribution in [3.63, 3.8) is 0 Å². The van der Waals surface area contributed by atoms with Gasteiger partial charge < -0.3 is 10.1 Å². The van der Waals surface area contributed by atoms with Gasteiger partial charge in [-0.2, -0.15) is 10.2 Å². The monoisotopic (exact) mass is 515 g/mol. The molecule has 1 aliphatic rings. The van der Waals surface area contributed by atoms with Gasteiger partial charge in [0, 0.05) is 31.3 Å². The maximum atomic E-state index is 12.3. The van der Waals surface area contributed by atoms with E-state index in [-0.39, 0.29) is 17.9 Å². The highest BCUT2D eigenvalue weighted by Crippen LogP contribution is 2.21. The van der Waals surface area contributed by atoms with Crippen molar-refractivity contribution in [2.45, 2.75) is 46.6 Å². The van der Waals surface area contributed by atoms with Gasteiger partial charge in [-0.1, -0.05) is 39.0 Å². The van der Waals surface area contributed by atoms with E-state index in [9.17, 15) is 4.79 Å². The number of rotatable bonds is 10. The number of fused-ring (bicyclic) bond motifs is 1. The largest absolute Gasteiger partial charge is 0.492 e. The normalized spacial score (nSPS) is 14.3. The SMILES string of the molecule is CC(C)(C)CNC(=O)Cn1cc(-c2cccc3nc(Cc4ccc(OCCN5CCCC5)cc4)nn23)cn1. The summed E-state index contributed by atoms with van der Waals surface area (Å²) in [6.45, 7) is 11.1. The molecule has 1 amide bonds. The Hall–Kier alpha value is -3.72. The molecule has 5 rings (SSSR count). The molecule has 9 nitrogen and oxygen atoms in total. The van der Waals surface area contributed by atoms with Gasteiger partial charge in [0.1, 0.15) is 18.9 Å². The van der Waals surface area contributed by atoms with Gasteiger partial charge in [-0.15, -0.1) is 0 Å². The van der Waals surface area contributed by atoms with Crippen molar-refractivity contribution >= 4 is 11.6 Å². The number of amides is 1. The minimum atomic E-state index is -0.0566. The lowest BCUT2D eigenvalue weighted by atomic mass is 9.97. The number of carbonyl (C=O) groups excluding carboxylic acids is 1. The van der Waals surface area contributed by atoms with Crippen LogP contribution in [0.5, 0.6) is 5.75 Å². The highest BCUT2D eigenvalue weighted by molar-refractivity contribution is 5.75. The van der Waals surface area contributed by atoms with E-state index in [1.165, 1.54) is 25.9 Å². The van der Waals surface area contributed by atoms with Crippen LogP contribution in [0.2, 0.25) is 0 Å². The number of likely N-dealkylation sites (tertiary alicyclic amines) is 1. The van der Waals surface area contributed by atoms with Crippen LogP contribution in [0.15, 0.2) is 54.9 Å². The molecule has 0 unspecified atom stereocenters. The van der Waals surface area contributed by atoms with Crippen LogP contribution < -0.4 is 10.1 Å². The molecule has 38 heavy (non-hydrogen) atoms. The average Bonchev–Trinajstić information content (AvgIpc) is 3.64. The summed E-state index contributed by atoms with van der Waals surface area (Å²) < 4.78 is 9.42. The topological polar surface area (TPSA) is 89.6 Å². The summed E-state index contributed by atoms with van der Waals surface area (Å²) in [5.41, 5.74) is 3.70. The lowest BCUT2D eigenvalue weighted by Crippen LogP contribution is -2.34. The number of ether oxygens (including phenoxy) is 1. The summed E-state index contributed by atoms with van der Waals surface area (Å²) in [5, 5.41) is 12.1. The number of benzene rings is 1. The van der Waals surface area contributed by atoms with Gasteiger partial charge in [-0.25, -0.2) is 9.50 Å². The van der Waals surface area contributed by atoms with Crippen LogP contribution in [0.4, 0.5) is 0 Å². The molecule has 0 radical (unpaired) electrons. The molecule has 0 bridgehead atoms. The van der Waals surface area contributed by atoms with Gasteiger partial charge in [0.05, 0.1) is 11.9 Å². The van der Waals surface area contributed by atoms with Crippen LogP contribution in [0.3, 0.4) is 0 Å². The molecule has 1 N–H and O–H groups in total. The third kappa shape index (κ3) is 6.77. The first-order chi connectivity index (χ1) is 18.3. The Morgan fingerprint density at radius 1 is 1.08 bits per heavy atom. The predicted molar refractivity (Wildman–Crippen MR) is 147 cm³/mol. The first-order valence-corrected chi connectivity index (χ1v) is 13.4. The first kappa shape index (κ1) is 25.9. The minimum Gasteiger partial charge on any atom is -0.492 e. The number of hydrogen-bond donors (Lipinski definition) is 1. The highest BCUT2D eigenvalue weighted by atomic mass is 16.5. The summed E-state index contributed by atoms with van der Waals surface area (Å²) in [5.74, 6) is 1.58. The molecule has 0 spiro atoms. The molecule has 0 saturated carbocycles. The number of aromatic nitrogens is 5. The molecule has 0 aliphatic carbocycles. The molecule has 1 fully saturated rings. The fourth-order valence-corrected chi connectivity index (χ4v) is 4.58. The number of hydrogen-bond acceptors (Lipinski definition) is 6. The van der Waals surface area contributed by atoms with E-state index < -0.39 is 0 Å². The fraction of sp³-hybridized carbons (Fsp3) is 0.448. The maximum absolute atomic E-state index is 12.3. The fourth-order valence-electron chi connectivity index (χ4n) is 4.58.